The van der Waals surface area contributed by atoms with Crippen LogP contribution in [0, 0.1) is 20.8 Å². The Morgan fingerprint density at radius 1 is 0.708 bits per heavy atom. The lowest BCUT2D eigenvalue weighted by molar-refractivity contribution is -0.0980. The summed E-state index contributed by atoms with van der Waals surface area (Å²) in [6, 6.07) is 13.5. The fourth-order valence-corrected chi connectivity index (χ4v) is 9.02. The summed E-state index contributed by atoms with van der Waals surface area (Å²) in [6.07, 6.45) is 1.99. The van der Waals surface area contributed by atoms with E-state index in [4.69, 9.17) is 39.0 Å². The molecule has 3 atom stereocenters. The molecule has 256 valence electrons. The van der Waals surface area contributed by atoms with Gasteiger partial charge in [0.15, 0.2) is 0 Å². The number of hydrogen-bond donors (Lipinski definition) is 5. The van der Waals surface area contributed by atoms with Crippen molar-refractivity contribution in [3.05, 3.63) is 70.3 Å². The molecule has 1 heterocycles. The zero-order valence-electron chi connectivity index (χ0n) is 27.6. The van der Waals surface area contributed by atoms with Gasteiger partial charge in [0.2, 0.25) is 0 Å². The number of rotatable bonds is 9. The molecule has 0 amide bonds. The molecule has 8 nitrogen and oxygen atoms in total. The molecule has 3 aromatic rings. The minimum absolute atomic E-state index is 0.335. The van der Waals surface area contributed by atoms with E-state index in [1.165, 1.54) is 0 Å². The highest BCUT2D eigenvalue weighted by molar-refractivity contribution is 14.2. The van der Waals surface area contributed by atoms with Gasteiger partial charge in [0.05, 0.1) is 6.67 Å². The average Bonchev–Trinajstić information content (AvgIpc) is 3.04. The molecule has 0 spiro atoms. The van der Waals surface area contributed by atoms with Crippen LogP contribution >= 0.6 is 82.5 Å². The molecule has 48 heavy (non-hydrogen) atoms. The summed E-state index contributed by atoms with van der Waals surface area (Å²) < 4.78 is 0. The maximum Gasteiger partial charge on any atom is 0.129 e. The third-order valence-corrected chi connectivity index (χ3v) is 14.5. The number of aromatic hydroxyl groups is 3. The predicted molar refractivity (Wildman–Crippen MR) is 238 cm³/mol. The van der Waals surface area contributed by atoms with E-state index in [1.54, 1.807) is 6.07 Å². The van der Waals surface area contributed by atoms with E-state index in [2.05, 4.69) is 75.9 Å². The molecule has 7 N–H and O–H groups in total. The highest BCUT2D eigenvalue weighted by Gasteiger charge is 2.21. The number of hydrogen-bond acceptors (Lipinski definition) is 8. The van der Waals surface area contributed by atoms with Crippen molar-refractivity contribution < 1.29 is 20.1 Å². The molecule has 1 fully saturated rings. The van der Waals surface area contributed by atoms with Crippen LogP contribution in [0.15, 0.2) is 42.5 Å². The summed E-state index contributed by atoms with van der Waals surface area (Å²) in [7, 11) is 17.9. The number of carbonyl (C=O) groups is 1. The molecule has 1 saturated heterocycles. The zero-order valence-corrected chi connectivity index (χ0v) is 36.8. The summed E-state index contributed by atoms with van der Waals surface area (Å²) in [4.78, 5) is 12.7. The third kappa shape index (κ3) is 15.9. The van der Waals surface area contributed by atoms with Crippen LogP contribution in [-0.4, -0.2) is 87.5 Å². The number of benzene rings is 3. The topological polar surface area (TPSA) is 136 Å². The normalized spacial score (nSPS) is 15.0. The van der Waals surface area contributed by atoms with E-state index >= 15 is 0 Å². The van der Waals surface area contributed by atoms with Gasteiger partial charge in [-0.3, -0.25) is 9.80 Å². The third-order valence-electron chi connectivity index (χ3n) is 7.19. The van der Waals surface area contributed by atoms with Crippen LogP contribution in [0.5, 0.6) is 17.2 Å². The fraction of sp³-hybridized carbons (Fsp3) is 0.387. The lowest BCUT2D eigenvalue weighted by Gasteiger charge is -2.36. The first-order valence-electron chi connectivity index (χ1n) is 14.9. The smallest absolute Gasteiger partial charge is 0.129 e. The van der Waals surface area contributed by atoms with Gasteiger partial charge in [0.25, 0.3) is 0 Å². The van der Waals surface area contributed by atoms with Crippen molar-refractivity contribution in [1.82, 2.24) is 9.80 Å². The van der Waals surface area contributed by atoms with Gasteiger partial charge in [0.1, 0.15) is 46.7 Å². The second-order valence-electron chi connectivity index (χ2n) is 11.0. The Morgan fingerprint density at radius 2 is 1.10 bits per heavy atom. The van der Waals surface area contributed by atoms with Gasteiger partial charge >= 0.3 is 0 Å². The Morgan fingerprint density at radius 3 is 1.44 bits per heavy atom. The second kappa shape index (κ2) is 24.5. The number of nitrogens with two attached hydrogens (primary N) is 2. The first-order chi connectivity index (χ1) is 22.7. The van der Waals surface area contributed by atoms with Crippen LogP contribution in [0.1, 0.15) is 40.7 Å². The lowest BCUT2D eigenvalue weighted by Crippen LogP contribution is -2.44. The largest absolute Gasteiger partial charge is 0.508 e. The summed E-state index contributed by atoms with van der Waals surface area (Å²) in [6.45, 7) is 13.3. The van der Waals surface area contributed by atoms with Crippen molar-refractivity contribution in [2.24, 2.45) is 11.5 Å². The lowest BCUT2D eigenvalue weighted by atomic mass is 10.1. The number of phenols is 3. The maximum atomic E-state index is 10.6. The number of carbonyl (C=O) groups excluding carboxylic acids is 1. The highest BCUT2D eigenvalue weighted by Crippen LogP contribution is 2.41. The van der Waals surface area contributed by atoms with E-state index < -0.39 is 16.3 Å². The Labute approximate surface area is 333 Å². The van der Waals surface area contributed by atoms with E-state index in [0.717, 1.165) is 89.4 Å². The first-order valence-corrected chi connectivity index (χ1v) is 27.5. The maximum absolute atomic E-state index is 10.6. The Hall–Kier alpha value is 0.245. The Kier molecular flexibility index (Phi) is 23.6. The molecular formula is C31H43B3I3N4O4P3. The van der Waals surface area contributed by atoms with Gasteiger partial charge in [-0.15, -0.1) is 0 Å². The highest BCUT2D eigenvalue weighted by atomic mass is 127. The van der Waals surface area contributed by atoms with Gasteiger partial charge in [-0.25, -0.2) is 0 Å². The molecule has 1 aliphatic heterocycles. The van der Waals surface area contributed by atoms with Gasteiger partial charge < -0.3 is 31.6 Å². The second-order valence-corrected chi connectivity index (χ2v) is 23.7. The zero-order chi connectivity index (χ0) is 36.6. The minimum atomic E-state index is -0.728. The summed E-state index contributed by atoms with van der Waals surface area (Å²) >= 11 is 6.72. The average molecular weight is 1040 g/mol. The monoisotopic (exact) mass is 1040 g/mol. The molecule has 0 bridgehead atoms. The molecular weight excluding hydrogens is 998 g/mol. The summed E-state index contributed by atoms with van der Waals surface area (Å²) in [5.74, 6) is 1.06. The van der Waals surface area contributed by atoms with Crippen LogP contribution < -0.4 is 27.4 Å². The molecule has 3 unspecified atom stereocenters. The Balaban J connectivity index is 0.000000526. The predicted octanol–water partition coefficient (Wildman–Crippen LogP) is 5.81. The molecule has 6 radical (unpaired) electrons. The molecule has 17 heteroatoms. The molecule has 0 saturated carbocycles. The number of phenolic OH excluding ortho intramolecular Hbond substituents is 3. The number of halogens is 3. The summed E-state index contributed by atoms with van der Waals surface area (Å²) in [5, 5.41) is 33.6. The van der Waals surface area contributed by atoms with Crippen LogP contribution in [0.4, 0.5) is 0 Å². The van der Waals surface area contributed by atoms with Crippen LogP contribution in [0.25, 0.3) is 0 Å². The first kappa shape index (κ1) is 46.3. The van der Waals surface area contributed by atoms with Crippen molar-refractivity contribution in [1.29, 1.82) is 0 Å². The Bertz CT molecular complexity index is 1360. The minimum Gasteiger partial charge on any atom is -0.508 e. The molecule has 0 aromatic heterocycles. The van der Waals surface area contributed by atoms with E-state index in [1.807, 2.05) is 64.0 Å². The standard InChI is InChI=1S/C20H24B2I2N2O2P2.C7H7BIOP.C3H10N2.CH2O/c1-13-6-17(29(21)23)8-15(19(13)27)10-25-4-3-5-26(12-25)11-16-9-18(30(22)24)7-14(2)20(16)28;1-5-4-6(11(8)9)2-3-7(5)10;4-2-1-3-5;1-2/h6-9,27-28H,3-5,10-12H2,1-2H3;2-4,10H,1H3;1-5H2;1H2. The van der Waals surface area contributed by atoms with Gasteiger partial charge in [-0.2, -0.15) is 0 Å². The van der Waals surface area contributed by atoms with Gasteiger partial charge in [-0.05, 0) is 116 Å². The molecule has 0 aliphatic carbocycles. The van der Waals surface area contributed by atoms with Gasteiger partial charge in [-0.1, -0.05) is 88.5 Å². The van der Waals surface area contributed by atoms with Crippen molar-refractivity contribution in [3.63, 3.8) is 0 Å². The SMILES string of the molecule is C=O.NCCCN.[B]P(I)c1cc(C)c(O)c(CN2CCCN(Cc3cc(P([B])I)cc(C)c3O)C2)c1.[B]P(I)c1ccc(O)c(C)c1. The van der Waals surface area contributed by atoms with E-state index in [9.17, 15) is 15.3 Å². The quantitative estimate of drug-likeness (QED) is 0.103. The van der Waals surface area contributed by atoms with Crippen molar-refractivity contribution in [2.45, 2.75) is 46.7 Å². The number of nitrogens with zero attached hydrogens (tertiary/aromatic N) is 2. The van der Waals surface area contributed by atoms with E-state index in [0.29, 0.717) is 30.3 Å². The fourth-order valence-electron chi connectivity index (χ4n) is 4.72. The van der Waals surface area contributed by atoms with E-state index in [-0.39, 0.29) is 0 Å². The van der Waals surface area contributed by atoms with Crippen LogP contribution in [0.3, 0.4) is 0 Å². The molecule has 1 aliphatic rings. The van der Waals surface area contributed by atoms with Crippen LogP contribution in [0.2, 0.25) is 0 Å². The molecule has 4 rings (SSSR count). The van der Waals surface area contributed by atoms with Crippen molar-refractivity contribution in [2.75, 3.05) is 32.8 Å². The van der Waals surface area contributed by atoms with Gasteiger partial charge in [0, 0.05) is 37.3 Å². The number of aryl methyl sites for hydroxylation is 3. The van der Waals surface area contributed by atoms with Crippen molar-refractivity contribution in [3.8, 4) is 17.2 Å². The van der Waals surface area contributed by atoms with Crippen molar-refractivity contribution >= 4 is 128 Å². The molecule has 3 aromatic carbocycles. The summed E-state index contributed by atoms with van der Waals surface area (Å²) in [5.41, 5.74) is 12.6. The van der Waals surface area contributed by atoms with Crippen LogP contribution in [-0.2, 0) is 17.9 Å².